The molecular weight excluding hydrogens is 640 g/mol. The quantitative estimate of drug-likeness (QED) is 0.332. The second-order valence-electron chi connectivity index (χ2n) is 15.5. The van der Waals surface area contributed by atoms with E-state index in [0.717, 1.165) is 74.7 Å². The number of hydrogen-bond donors (Lipinski definition) is 1. The minimum Gasteiger partial charge on any atom is -0.491 e. The van der Waals surface area contributed by atoms with Crippen LogP contribution in [0.5, 0.6) is 5.75 Å². The number of likely N-dealkylation sites (tertiary alicyclic amines) is 1. The van der Waals surface area contributed by atoms with Crippen LogP contribution in [0.4, 0.5) is 5.69 Å². The number of carbonyl (C=O) groups excluding carboxylic acids is 1. The fourth-order valence-electron chi connectivity index (χ4n) is 8.46. The Morgan fingerprint density at radius 3 is 2.56 bits per heavy atom. The number of rotatable bonds is 7. The smallest absolute Gasteiger partial charge is 0.263 e. The van der Waals surface area contributed by atoms with E-state index in [4.69, 9.17) is 16.3 Å². The number of unbranched alkanes of at least 4 members (excludes halogenated alkanes) is 1. The van der Waals surface area contributed by atoms with Crippen molar-refractivity contribution in [3.8, 4) is 5.75 Å². The van der Waals surface area contributed by atoms with Gasteiger partial charge in [-0.15, -0.1) is 0 Å². The van der Waals surface area contributed by atoms with Gasteiger partial charge in [0, 0.05) is 55.3 Å². The first-order chi connectivity index (χ1) is 23.1. The summed E-state index contributed by atoms with van der Waals surface area (Å²) >= 11 is 6.52. The van der Waals surface area contributed by atoms with Gasteiger partial charge in [-0.1, -0.05) is 44.4 Å². The number of likely N-dealkylation sites (N-methyl/N-ethyl adjacent to an activating group) is 1. The third kappa shape index (κ3) is 8.08. The molecule has 3 heterocycles. The number of benzene rings is 2. The number of aryl methyl sites for hydroxylation is 1. The van der Waals surface area contributed by atoms with E-state index < -0.39 is 11.0 Å². The van der Waals surface area contributed by atoms with Crippen LogP contribution in [0, 0.1) is 23.7 Å². The van der Waals surface area contributed by atoms with Crippen LogP contribution in [0.3, 0.4) is 0 Å². The van der Waals surface area contributed by atoms with Gasteiger partial charge in [0.2, 0.25) is 0 Å². The Labute approximate surface area is 296 Å². The Morgan fingerprint density at radius 2 is 1.83 bits per heavy atom. The molecule has 264 valence electrons. The molecule has 0 spiro atoms. The van der Waals surface area contributed by atoms with E-state index >= 15 is 0 Å². The average Bonchev–Trinajstić information content (AvgIpc) is 3.21. The highest BCUT2D eigenvalue weighted by molar-refractivity contribution is 7.84. The van der Waals surface area contributed by atoms with Crippen LogP contribution in [0.15, 0.2) is 36.4 Å². The molecule has 2 bridgehead atoms. The lowest BCUT2D eigenvalue weighted by atomic mass is 9.65. The third-order valence-electron chi connectivity index (χ3n) is 12.1. The minimum absolute atomic E-state index is 0.115. The van der Waals surface area contributed by atoms with E-state index in [0.29, 0.717) is 36.0 Å². The lowest BCUT2D eigenvalue weighted by Gasteiger charge is -2.49. The fraction of sp³-hybridized carbons (Fsp3) is 0.667. The molecule has 1 N–H and O–H groups in total. The summed E-state index contributed by atoms with van der Waals surface area (Å²) in [7, 11) is 2.94. The zero-order valence-electron chi connectivity index (χ0n) is 29.8. The number of nitrogens with zero attached hydrogens (tertiary/aromatic N) is 3. The molecule has 48 heavy (non-hydrogen) atoms. The molecule has 7 nitrogen and oxygen atoms in total. The first kappa shape index (κ1) is 35.7. The number of amides is 1. The van der Waals surface area contributed by atoms with Gasteiger partial charge in [0.05, 0.1) is 17.5 Å². The Morgan fingerprint density at radius 1 is 1.02 bits per heavy atom. The molecule has 4 aliphatic rings. The number of nitrogens with one attached hydrogen (secondary N) is 1. The zero-order chi connectivity index (χ0) is 33.9. The maximum absolute atomic E-state index is 13.5. The summed E-state index contributed by atoms with van der Waals surface area (Å²) in [5, 5.41) is 0.669. The number of anilines is 1. The largest absolute Gasteiger partial charge is 0.491 e. The van der Waals surface area contributed by atoms with E-state index in [2.05, 4.69) is 59.5 Å². The van der Waals surface area contributed by atoms with Crippen molar-refractivity contribution in [3.05, 3.63) is 58.1 Å². The van der Waals surface area contributed by atoms with Crippen LogP contribution in [-0.2, 0) is 17.4 Å². The van der Waals surface area contributed by atoms with Crippen molar-refractivity contribution in [2.45, 2.75) is 89.3 Å². The lowest BCUT2D eigenvalue weighted by Crippen LogP contribution is -2.59. The first-order valence-electron chi connectivity index (χ1n) is 18.5. The van der Waals surface area contributed by atoms with Crippen molar-refractivity contribution < 1.29 is 13.7 Å². The highest BCUT2D eigenvalue weighted by Gasteiger charge is 2.41. The van der Waals surface area contributed by atoms with E-state index in [-0.39, 0.29) is 23.0 Å². The van der Waals surface area contributed by atoms with E-state index in [9.17, 15) is 9.00 Å². The van der Waals surface area contributed by atoms with Crippen molar-refractivity contribution >= 4 is 34.2 Å². The highest BCUT2D eigenvalue weighted by atomic mass is 35.5. The van der Waals surface area contributed by atoms with Crippen molar-refractivity contribution in [3.63, 3.8) is 0 Å². The molecule has 0 aromatic heterocycles. The monoisotopic (exact) mass is 696 g/mol. The van der Waals surface area contributed by atoms with Gasteiger partial charge in [0.25, 0.3) is 5.91 Å². The van der Waals surface area contributed by atoms with Gasteiger partial charge in [-0.3, -0.25) is 14.4 Å². The second kappa shape index (κ2) is 15.8. The van der Waals surface area contributed by atoms with Gasteiger partial charge < -0.3 is 14.5 Å². The number of fused-ring (bicyclic) bond motifs is 2. The average molecular weight is 697 g/mol. The minimum atomic E-state index is -1.46. The molecule has 2 aromatic carbocycles. The normalized spacial score (nSPS) is 30.4. The molecular formula is C39H57ClN4O3S. The maximum atomic E-state index is 13.5. The Bertz CT molecular complexity index is 1450. The summed E-state index contributed by atoms with van der Waals surface area (Å²) in [5.74, 6) is 2.94. The van der Waals surface area contributed by atoms with Crippen LogP contribution in [0.25, 0.3) is 0 Å². The molecule has 2 fully saturated rings. The molecule has 2 aromatic rings. The molecule has 3 aliphatic heterocycles. The topological polar surface area (TPSA) is 65.1 Å². The first-order valence-corrected chi connectivity index (χ1v) is 20.1. The molecule has 7 unspecified atom stereocenters. The number of carbonyl (C=O) groups is 1. The van der Waals surface area contributed by atoms with Gasteiger partial charge in [0.15, 0.2) is 0 Å². The SMILES string of the molecule is CCCCc1cc(Cl)ccc1C1COc2ccc3cc2N(C1)CC1CCC1C(CN1CC(N(C)C)C1)CCCC(C)C(C)S(=O)NC3=O. The summed E-state index contributed by atoms with van der Waals surface area (Å²) < 4.78 is 22.8. The van der Waals surface area contributed by atoms with Crippen LogP contribution >= 0.6 is 11.6 Å². The lowest BCUT2D eigenvalue weighted by molar-refractivity contribution is 0.0123. The third-order valence-corrected chi connectivity index (χ3v) is 13.8. The standard InChI is InChI=1S/C39H57ClN4O3S/c1-6-7-10-28-18-33(40)14-16-35(28)32-22-44-21-31-12-15-36(31)30(20-43-23-34(24-43)42(4)5)11-8-9-26(2)27(3)48(46)41-39(45)29-13-17-38(47-25-32)37(44)19-29/h13-14,16-19,26-27,30-32,34,36H,6-12,15,20-25H2,1-5H3,(H,41,45). The van der Waals surface area contributed by atoms with Crippen LogP contribution in [0.1, 0.15) is 93.1 Å². The van der Waals surface area contributed by atoms with Crippen LogP contribution in [-0.4, -0.2) is 84.6 Å². The van der Waals surface area contributed by atoms with Gasteiger partial charge in [-0.2, -0.15) is 0 Å². The van der Waals surface area contributed by atoms with E-state index in [1.54, 1.807) is 0 Å². The van der Waals surface area contributed by atoms with Crippen molar-refractivity contribution in [1.82, 2.24) is 14.5 Å². The van der Waals surface area contributed by atoms with Crippen LogP contribution < -0.4 is 14.4 Å². The van der Waals surface area contributed by atoms with Gasteiger partial charge in [-0.05, 0) is 125 Å². The van der Waals surface area contributed by atoms with Crippen molar-refractivity contribution in [1.29, 1.82) is 0 Å². The molecule has 1 saturated carbocycles. The molecule has 7 atom stereocenters. The zero-order valence-corrected chi connectivity index (χ0v) is 31.3. The summed E-state index contributed by atoms with van der Waals surface area (Å²) in [5.41, 5.74) is 4.15. The number of ether oxygens (including phenoxy) is 1. The maximum Gasteiger partial charge on any atom is 0.263 e. The highest BCUT2D eigenvalue weighted by Crippen LogP contribution is 2.46. The molecule has 1 aliphatic carbocycles. The fourth-order valence-corrected chi connectivity index (χ4v) is 9.70. The number of hydrogen-bond acceptors (Lipinski definition) is 6. The summed E-state index contributed by atoms with van der Waals surface area (Å²) in [4.78, 5) is 21.1. The molecule has 1 amide bonds. The van der Waals surface area contributed by atoms with Gasteiger partial charge in [0.1, 0.15) is 16.7 Å². The van der Waals surface area contributed by atoms with E-state index in [1.807, 2.05) is 31.2 Å². The second-order valence-corrected chi connectivity index (χ2v) is 17.5. The van der Waals surface area contributed by atoms with Crippen molar-refractivity contribution in [2.75, 3.05) is 58.3 Å². The Hall–Kier alpha value is -2.13. The van der Waals surface area contributed by atoms with Crippen molar-refractivity contribution in [2.24, 2.45) is 23.7 Å². The molecule has 9 heteroatoms. The van der Waals surface area contributed by atoms with Gasteiger partial charge >= 0.3 is 0 Å². The Balaban J connectivity index is 1.32. The van der Waals surface area contributed by atoms with Gasteiger partial charge in [-0.25, -0.2) is 4.21 Å². The predicted octanol–water partition coefficient (Wildman–Crippen LogP) is 7.16. The summed E-state index contributed by atoms with van der Waals surface area (Å²) in [6, 6.07) is 12.8. The predicted molar refractivity (Wildman–Crippen MR) is 199 cm³/mol. The van der Waals surface area contributed by atoms with E-state index in [1.165, 1.54) is 36.9 Å². The summed E-state index contributed by atoms with van der Waals surface area (Å²) in [6.07, 6.45) is 9.17. The molecule has 6 rings (SSSR count). The molecule has 1 saturated heterocycles. The molecule has 0 radical (unpaired) electrons. The number of halogens is 1. The van der Waals surface area contributed by atoms with Crippen LogP contribution in [0.2, 0.25) is 5.02 Å². The summed E-state index contributed by atoms with van der Waals surface area (Å²) in [6.45, 7) is 12.3. The Kier molecular flexibility index (Phi) is 11.8.